The van der Waals surface area contributed by atoms with E-state index in [4.69, 9.17) is 4.74 Å². The molecule has 1 saturated heterocycles. The van der Waals surface area contributed by atoms with Gasteiger partial charge in [-0.15, -0.1) is 0 Å². The molecule has 1 aromatic rings. The Morgan fingerprint density at radius 1 is 1.40 bits per heavy atom. The van der Waals surface area contributed by atoms with Crippen LogP contribution < -0.4 is 0 Å². The van der Waals surface area contributed by atoms with Gasteiger partial charge in [0.15, 0.2) is 11.6 Å². The van der Waals surface area contributed by atoms with E-state index in [1.807, 2.05) is 0 Å². The number of nitrogens with zero attached hydrogens (tertiary/aromatic N) is 1. The molecule has 2 rings (SSSR count). The molecule has 1 aliphatic heterocycles. The summed E-state index contributed by atoms with van der Waals surface area (Å²) in [6.07, 6.45) is 1.84. The molecular formula is C15H19F2NO2. The standard InChI is InChI=1S/C15H19F2NO2/c1-20-9-8-18-10-11(4-2-7-14(18)19)12-5-3-6-13(16)15(12)17/h3,5-6,11H,2,4,7-10H2,1H3. The van der Waals surface area contributed by atoms with Crippen molar-refractivity contribution in [2.24, 2.45) is 0 Å². The number of rotatable bonds is 4. The highest BCUT2D eigenvalue weighted by molar-refractivity contribution is 5.76. The third-order valence-electron chi connectivity index (χ3n) is 3.72. The van der Waals surface area contributed by atoms with Crippen molar-refractivity contribution in [1.82, 2.24) is 4.90 Å². The number of halogens is 2. The SMILES string of the molecule is COCCN1CC(c2cccc(F)c2F)CCCC1=O. The Hall–Kier alpha value is -1.49. The molecule has 1 unspecified atom stereocenters. The Morgan fingerprint density at radius 3 is 2.95 bits per heavy atom. The monoisotopic (exact) mass is 283 g/mol. The van der Waals surface area contributed by atoms with E-state index < -0.39 is 11.6 Å². The van der Waals surface area contributed by atoms with Crippen molar-refractivity contribution < 1.29 is 18.3 Å². The lowest BCUT2D eigenvalue weighted by Crippen LogP contribution is -2.35. The lowest BCUT2D eigenvalue weighted by molar-refractivity contribution is -0.131. The summed E-state index contributed by atoms with van der Waals surface area (Å²) in [4.78, 5) is 13.6. The molecule has 0 aromatic heterocycles. The van der Waals surface area contributed by atoms with Crippen LogP contribution in [0.3, 0.4) is 0 Å². The third kappa shape index (κ3) is 3.33. The summed E-state index contributed by atoms with van der Waals surface area (Å²) in [5, 5.41) is 0. The molecule has 1 aliphatic rings. The second-order valence-corrected chi connectivity index (χ2v) is 5.06. The van der Waals surface area contributed by atoms with Crippen molar-refractivity contribution in [3.8, 4) is 0 Å². The van der Waals surface area contributed by atoms with Crippen LogP contribution in [0.2, 0.25) is 0 Å². The molecule has 0 bridgehead atoms. The average Bonchev–Trinajstić information content (AvgIpc) is 2.62. The molecule has 3 nitrogen and oxygen atoms in total. The van der Waals surface area contributed by atoms with E-state index in [1.165, 1.54) is 6.07 Å². The number of hydrogen-bond donors (Lipinski definition) is 0. The first kappa shape index (κ1) is 14.9. The number of likely N-dealkylation sites (tertiary alicyclic amines) is 1. The molecule has 1 heterocycles. The topological polar surface area (TPSA) is 29.5 Å². The van der Waals surface area contributed by atoms with Gasteiger partial charge in [0.1, 0.15) is 0 Å². The van der Waals surface area contributed by atoms with Gasteiger partial charge in [0.2, 0.25) is 5.91 Å². The van der Waals surface area contributed by atoms with Crippen LogP contribution in [-0.4, -0.2) is 37.6 Å². The minimum absolute atomic E-state index is 0.0568. The van der Waals surface area contributed by atoms with E-state index >= 15 is 0 Å². The van der Waals surface area contributed by atoms with Crippen molar-refractivity contribution in [3.63, 3.8) is 0 Å². The van der Waals surface area contributed by atoms with Crippen LogP contribution in [0.4, 0.5) is 8.78 Å². The van der Waals surface area contributed by atoms with E-state index in [2.05, 4.69) is 0 Å². The molecule has 1 amide bonds. The smallest absolute Gasteiger partial charge is 0.222 e. The van der Waals surface area contributed by atoms with E-state index in [9.17, 15) is 13.6 Å². The predicted molar refractivity (Wildman–Crippen MR) is 71.4 cm³/mol. The maximum atomic E-state index is 13.9. The minimum atomic E-state index is -0.832. The van der Waals surface area contributed by atoms with Gasteiger partial charge in [0, 0.05) is 32.5 Å². The summed E-state index contributed by atoms with van der Waals surface area (Å²) in [7, 11) is 1.58. The highest BCUT2D eigenvalue weighted by atomic mass is 19.2. The van der Waals surface area contributed by atoms with Crippen LogP contribution in [-0.2, 0) is 9.53 Å². The fraction of sp³-hybridized carbons (Fsp3) is 0.533. The lowest BCUT2D eigenvalue weighted by atomic mass is 9.93. The van der Waals surface area contributed by atoms with Crippen molar-refractivity contribution in [3.05, 3.63) is 35.4 Å². The number of hydrogen-bond acceptors (Lipinski definition) is 2. The van der Waals surface area contributed by atoms with Crippen LogP contribution in [0.15, 0.2) is 18.2 Å². The molecule has 0 radical (unpaired) electrons. The van der Waals surface area contributed by atoms with Gasteiger partial charge in [0.05, 0.1) is 6.61 Å². The summed E-state index contributed by atoms with van der Waals surface area (Å²) in [6.45, 7) is 1.36. The summed E-state index contributed by atoms with van der Waals surface area (Å²) >= 11 is 0. The Morgan fingerprint density at radius 2 is 2.20 bits per heavy atom. The molecule has 1 atom stereocenters. The van der Waals surface area contributed by atoms with Gasteiger partial charge in [-0.05, 0) is 24.5 Å². The van der Waals surface area contributed by atoms with Gasteiger partial charge in [-0.3, -0.25) is 4.79 Å². The summed E-state index contributed by atoms with van der Waals surface area (Å²) in [5.74, 6) is -1.73. The fourth-order valence-electron chi connectivity index (χ4n) is 2.62. The number of carbonyl (C=O) groups is 1. The van der Waals surface area contributed by atoms with Gasteiger partial charge < -0.3 is 9.64 Å². The van der Waals surface area contributed by atoms with Crippen LogP contribution in [0.25, 0.3) is 0 Å². The summed E-state index contributed by atoms with van der Waals surface area (Å²) < 4.78 is 32.2. The fourth-order valence-corrected chi connectivity index (χ4v) is 2.62. The number of benzene rings is 1. The zero-order valence-electron chi connectivity index (χ0n) is 11.6. The predicted octanol–water partition coefficient (Wildman–Crippen LogP) is 2.71. The third-order valence-corrected chi connectivity index (χ3v) is 3.72. The molecule has 0 N–H and O–H groups in total. The highest BCUT2D eigenvalue weighted by Gasteiger charge is 2.26. The quantitative estimate of drug-likeness (QED) is 0.850. The molecule has 0 aliphatic carbocycles. The highest BCUT2D eigenvalue weighted by Crippen LogP contribution is 2.29. The van der Waals surface area contributed by atoms with Crippen molar-refractivity contribution in [2.75, 3.05) is 26.8 Å². The van der Waals surface area contributed by atoms with Gasteiger partial charge in [-0.25, -0.2) is 8.78 Å². The van der Waals surface area contributed by atoms with Gasteiger partial charge >= 0.3 is 0 Å². The number of amides is 1. The summed E-state index contributed by atoms with van der Waals surface area (Å²) in [5.41, 5.74) is 0.363. The molecule has 5 heteroatoms. The largest absolute Gasteiger partial charge is 0.383 e. The second kappa shape index (κ2) is 6.79. The maximum absolute atomic E-state index is 13.9. The first-order valence-electron chi connectivity index (χ1n) is 6.84. The zero-order chi connectivity index (χ0) is 14.5. The Bertz CT molecular complexity index is 479. The molecule has 0 saturated carbocycles. The molecule has 0 spiro atoms. The lowest BCUT2D eigenvalue weighted by Gasteiger charge is -2.25. The number of carbonyl (C=O) groups excluding carboxylic acids is 1. The van der Waals surface area contributed by atoms with E-state index in [0.29, 0.717) is 44.5 Å². The Kier molecular flexibility index (Phi) is 5.06. The Labute approximate surface area is 117 Å². The van der Waals surface area contributed by atoms with E-state index in [1.54, 1.807) is 18.1 Å². The molecule has 110 valence electrons. The first-order chi connectivity index (χ1) is 9.63. The molecular weight excluding hydrogens is 264 g/mol. The first-order valence-corrected chi connectivity index (χ1v) is 6.84. The molecule has 1 aromatic carbocycles. The summed E-state index contributed by atoms with van der Waals surface area (Å²) in [6, 6.07) is 4.23. The van der Waals surface area contributed by atoms with Crippen LogP contribution in [0.5, 0.6) is 0 Å². The van der Waals surface area contributed by atoms with Crippen molar-refractivity contribution in [1.29, 1.82) is 0 Å². The van der Waals surface area contributed by atoms with Crippen LogP contribution >= 0.6 is 0 Å². The van der Waals surface area contributed by atoms with Crippen molar-refractivity contribution >= 4 is 5.91 Å². The van der Waals surface area contributed by atoms with Gasteiger partial charge in [0.25, 0.3) is 0 Å². The van der Waals surface area contributed by atoms with Gasteiger partial charge in [-0.2, -0.15) is 0 Å². The van der Waals surface area contributed by atoms with Crippen molar-refractivity contribution in [2.45, 2.75) is 25.2 Å². The van der Waals surface area contributed by atoms with E-state index in [0.717, 1.165) is 6.07 Å². The maximum Gasteiger partial charge on any atom is 0.222 e. The minimum Gasteiger partial charge on any atom is -0.383 e. The number of ether oxygens (including phenoxy) is 1. The van der Waals surface area contributed by atoms with Gasteiger partial charge in [-0.1, -0.05) is 12.1 Å². The zero-order valence-corrected chi connectivity index (χ0v) is 11.6. The van der Waals surface area contributed by atoms with Crippen LogP contribution in [0, 0.1) is 11.6 Å². The van der Waals surface area contributed by atoms with Crippen LogP contribution in [0.1, 0.15) is 30.7 Å². The van der Waals surface area contributed by atoms with E-state index in [-0.39, 0.29) is 11.8 Å². The average molecular weight is 283 g/mol. The normalized spacial score (nSPS) is 20.1. The molecule has 1 fully saturated rings. The Balaban J connectivity index is 2.18. The number of methoxy groups -OCH3 is 1. The molecule has 20 heavy (non-hydrogen) atoms. The second-order valence-electron chi connectivity index (χ2n) is 5.06.